The lowest BCUT2D eigenvalue weighted by Crippen LogP contribution is -2.43. The van der Waals surface area contributed by atoms with Gasteiger partial charge in [-0.25, -0.2) is 12.7 Å². The standard InChI is InChI=1S/C15H25N3O2S/c1-21(19,20)18-10-3-5-13(12-18)11-17-9-4-7-15(17)14-6-2-8-16-14/h2,6,8,13,15-16H,3-5,7,9-12H2,1H3/t13-,15-/m1/s1. The molecule has 0 aromatic carbocycles. The van der Waals surface area contributed by atoms with Crippen LogP contribution in [0.5, 0.6) is 0 Å². The van der Waals surface area contributed by atoms with E-state index in [9.17, 15) is 8.42 Å². The SMILES string of the molecule is CS(=O)(=O)N1CCC[C@H](CN2CCC[C@@H]2c2ccc[nH]2)C1. The molecule has 3 heterocycles. The Hall–Kier alpha value is -0.850. The molecular formula is C15H25N3O2S. The zero-order valence-corrected chi connectivity index (χ0v) is 13.5. The largest absolute Gasteiger partial charge is 0.364 e. The molecule has 0 spiro atoms. The Balaban J connectivity index is 1.63. The molecule has 2 atom stereocenters. The van der Waals surface area contributed by atoms with E-state index in [2.05, 4.69) is 22.0 Å². The van der Waals surface area contributed by atoms with E-state index in [0.717, 1.165) is 25.9 Å². The van der Waals surface area contributed by atoms with E-state index in [4.69, 9.17) is 0 Å². The molecular weight excluding hydrogens is 286 g/mol. The zero-order chi connectivity index (χ0) is 14.9. The molecule has 1 aromatic rings. The number of nitrogens with zero attached hydrogens (tertiary/aromatic N) is 2. The van der Waals surface area contributed by atoms with Crippen molar-refractivity contribution in [2.45, 2.75) is 31.7 Å². The summed E-state index contributed by atoms with van der Waals surface area (Å²) in [7, 11) is -3.04. The highest BCUT2D eigenvalue weighted by Crippen LogP contribution is 2.32. The van der Waals surface area contributed by atoms with Gasteiger partial charge in [-0.15, -0.1) is 0 Å². The number of likely N-dealkylation sites (tertiary alicyclic amines) is 1. The van der Waals surface area contributed by atoms with Crippen LogP contribution in [0.1, 0.15) is 37.4 Å². The Morgan fingerprint density at radius 2 is 2.10 bits per heavy atom. The topological polar surface area (TPSA) is 56.4 Å². The summed E-state index contributed by atoms with van der Waals surface area (Å²) in [5.41, 5.74) is 1.29. The van der Waals surface area contributed by atoms with Gasteiger partial charge in [0.2, 0.25) is 10.0 Å². The third-order valence-corrected chi connectivity index (χ3v) is 6.06. The average Bonchev–Trinajstić information content (AvgIpc) is 3.08. The zero-order valence-electron chi connectivity index (χ0n) is 12.7. The van der Waals surface area contributed by atoms with E-state index >= 15 is 0 Å². The van der Waals surface area contributed by atoms with Gasteiger partial charge in [0, 0.05) is 37.6 Å². The smallest absolute Gasteiger partial charge is 0.211 e. The maximum atomic E-state index is 11.7. The molecule has 6 heteroatoms. The molecule has 1 N–H and O–H groups in total. The molecule has 0 bridgehead atoms. The molecule has 2 aliphatic heterocycles. The second-order valence-corrected chi connectivity index (χ2v) is 8.39. The summed E-state index contributed by atoms with van der Waals surface area (Å²) < 4.78 is 25.1. The summed E-state index contributed by atoms with van der Waals surface area (Å²) in [5.74, 6) is 0.462. The highest BCUT2D eigenvalue weighted by Gasteiger charge is 2.32. The predicted molar refractivity (Wildman–Crippen MR) is 83.5 cm³/mol. The van der Waals surface area contributed by atoms with Crippen LogP contribution in [0.2, 0.25) is 0 Å². The second kappa shape index (κ2) is 6.10. The summed E-state index contributed by atoms with van der Waals surface area (Å²) >= 11 is 0. The first-order valence-electron chi connectivity index (χ1n) is 7.86. The highest BCUT2D eigenvalue weighted by atomic mass is 32.2. The summed E-state index contributed by atoms with van der Waals surface area (Å²) in [6.07, 6.45) is 7.86. The first-order valence-corrected chi connectivity index (χ1v) is 9.71. The molecule has 118 valence electrons. The number of H-pyrrole nitrogens is 1. The van der Waals surface area contributed by atoms with E-state index < -0.39 is 10.0 Å². The van der Waals surface area contributed by atoms with Crippen molar-refractivity contribution >= 4 is 10.0 Å². The minimum Gasteiger partial charge on any atom is -0.364 e. The van der Waals surface area contributed by atoms with Gasteiger partial charge in [-0.2, -0.15) is 0 Å². The van der Waals surface area contributed by atoms with Gasteiger partial charge in [-0.05, 0) is 50.3 Å². The summed E-state index contributed by atoms with van der Waals surface area (Å²) in [6.45, 7) is 3.51. The van der Waals surface area contributed by atoms with Crippen molar-refractivity contribution < 1.29 is 8.42 Å². The highest BCUT2D eigenvalue weighted by molar-refractivity contribution is 7.88. The Morgan fingerprint density at radius 3 is 2.81 bits per heavy atom. The molecule has 2 aliphatic rings. The van der Waals surface area contributed by atoms with Gasteiger partial charge in [0.15, 0.2) is 0 Å². The lowest BCUT2D eigenvalue weighted by atomic mass is 9.98. The number of aromatic amines is 1. The van der Waals surface area contributed by atoms with Gasteiger partial charge in [0.25, 0.3) is 0 Å². The molecule has 0 radical (unpaired) electrons. The maximum absolute atomic E-state index is 11.7. The van der Waals surface area contributed by atoms with E-state index in [1.165, 1.54) is 24.8 Å². The number of sulfonamides is 1. The number of piperidine rings is 1. The fraction of sp³-hybridized carbons (Fsp3) is 0.733. The molecule has 2 saturated heterocycles. The molecule has 5 nitrogen and oxygen atoms in total. The Morgan fingerprint density at radius 1 is 1.29 bits per heavy atom. The Bertz CT molecular complexity index is 555. The van der Waals surface area contributed by atoms with Gasteiger partial charge in [0.05, 0.1) is 6.26 Å². The van der Waals surface area contributed by atoms with Crippen LogP contribution in [-0.2, 0) is 10.0 Å². The fourth-order valence-electron chi connectivity index (χ4n) is 3.76. The number of aromatic nitrogens is 1. The first kappa shape index (κ1) is 15.1. The van der Waals surface area contributed by atoms with Crippen LogP contribution in [-0.4, -0.2) is 55.0 Å². The molecule has 1 aromatic heterocycles. The van der Waals surface area contributed by atoms with Gasteiger partial charge < -0.3 is 4.98 Å². The van der Waals surface area contributed by atoms with Gasteiger partial charge in [-0.1, -0.05) is 0 Å². The predicted octanol–water partition coefficient (Wildman–Crippen LogP) is 1.82. The molecule has 21 heavy (non-hydrogen) atoms. The quantitative estimate of drug-likeness (QED) is 0.923. The Kier molecular flexibility index (Phi) is 4.38. The van der Waals surface area contributed by atoms with Crippen molar-refractivity contribution in [1.82, 2.24) is 14.2 Å². The van der Waals surface area contributed by atoms with Crippen molar-refractivity contribution in [1.29, 1.82) is 0 Å². The summed E-state index contributed by atoms with van der Waals surface area (Å²) in [4.78, 5) is 5.86. The van der Waals surface area contributed by atoms with E-state index in [1.54, 1.807) is 4.31 Å². The van der Waals surface area contributed by atoms with Crippen LogP contribution < -0.4 is 0 Å². The van der Waals surface area contributed by atoms with Crippen LogP contribution in [0.25, 0.3) is 0 Å². The molecule has 0 amide bonds. The third kappa shape index (κ3) is 3.49. The summed E-state index contributed by atoms with van der Waals surface area (Å²) in [5, 5.41) is 0. The van der Waals surface area contributed by atoms with Crippen LogP contribution in [0.3, 0.4) is 0 Å². The van der Waals surface area contributed by atoms with Gasteiger partial charge >= 0.3 is 0 Å². The van der Waals surface area contributed by atoms with E-state index in [1.807, 2.05) is 6.20 Å². The van der Waals surface area contributed by atoms with Crippen molar-refractivity contribution in [3.05, 3.63) is 24.0 Å². The molecule has 2 fully saturated rings. The van der Waals surface area contributed by atoms with E-state index in [0.29, 0.717) is 25.0 Å². The molecule has 0 aliphatic carbocycles. The monoisotopic (exact) mass is 311 g/mol. The molecule has 0 unspecified atom stereocenters. The van der Waals surface area contributed by atoms with Crippen LogP contribution in [0, 0.1) is 5.92 Å². The number of rotatable bonds is 4. The fourth-order valence-corrected chi connectivity index (χ4v) is 4.70. The van der Waals surface area contributed by atoms with E-state index in [-0.39, 0.29) is 0 Å². The summed E-state index contributed by atoms with van der Waals surface area (Å²) in [6, 6.07) is 4.69. The number of hydrogen-bond acceptors (Lipinski definition) is 3. The minimum absolute atomic E-state index is 0.462. The van der Waals surface area contributed by atoms with Gasteiger partial charge in [0.1, 0.15) is 0 Å². The lowest BCUT2D eigenvalue weighted by molar-refractivity contribution is 0.167. The molecule has 3 rings (SSSR count). The number of nitrogens with one attached hydrogen (secondary N) is 1. The lowest BCUT2D eigenvalue weighted by Gasteiger charge is -2.35. The van der Waals surface area contributed by atoms with Crippen LogP contribution in [0.15, 0.2) is 18.3 Å². The molecule has 0 saturated carbocycles. The minimum atomic E-state index is -3.04. The first-order chi connectivity index (χ1) is 10.0. The van der Waals surface area contributed by atoms with Crippen molar-refractivity contribution in [2.24, 2.45) is 5.92 Å². The number of hydrogen-bond donors (Lipinski definition) is 1. The Labute approximate surface area is 127 Å². The van der Waals surface area contributed by atoms with Crippen molar-refractivity contribution in [3.8, 4) is 0 Å². The second-order valence-electron chi connectivity index (χ2n) is 6.41. The average molecular weight is 311 g/mol. The van der Waals surface area contributed by atoms with Gasteiger partial charge in [-0.3, -0.25) is 4.90 Å². The third-order valence-electron chi connectivity index (χ3n) is 4.79. The van der Waals surface area contributed by atoms with Crippen LogP contribution >= 0.6 is 0 Å². The normalized spacial score (nSPS) is 29.0. The maximum Gasteiger partial charge on any atom is 0.211 e. The van der Waals surface area contributed by atoms with Crippen LogP contribution in [0.4, 0.5) is 0 Å². The van der Waals surface area contributed by atoms with Crippen molar-refractivity contribution in [3.63, 3.8) is 0 Å². The van der Waals surface area contributed by atoms with Crippen molar-refractivity contribution in [2.75, 3.05) is 32.4 Å².